The fraction of sp³-hybridized carbons (Fsp3) is 1.00. The van der Waals surface area contributed by atoms with E-state index in [2.05, 4.69) is 4.90 Å². The van der Waals surface area contributed by atoms with Crippen LogP contribution < -0.4 is 5.73 Å². The van der Waals surface area contributed by atoms with Crippen LogP contribution in [0.25, 0.3) is 0 Å². The van der Waals surface area contributed by atoms with Gasteiger partial charge in [-0.1, -0.05) is 12.8 Å². The molecule has 0 bridgehead atoms. The molecule has 0 aromatic rings. The van der Waals surface area contributed by atoms with E-state index in [4.69, 9.17) is 15.2 Å². The molecule has 1 fully saturated rings. The highest BCUT2D eigenvalue weighted by Gasteiger charge is 2.37. The molecule has 1 saturated carbocycles. The number of nitrogens with zero attached hydrogens (tertiary/aromatic N) is 1. The van der Waals surface area contributed by atoms with E-state index in [-0.39, 0.29) is 5.54 Å². The first kappa shape index (κ1) is 13.9. The van der Waals surface area contributed by atoms with Crippen LogP contribution in [0.2, 0.25) is 0 Å². The minimum Gasteiger partial charge on any atom is -0.383 e. The quantitative estimate of drug-likeness (QED) is 0.671. The predicted molar refractivity (Wildman–Crippen MR) is 65.6 cm³/mol. The molecule has 0 heterocycles. The van der Waals surface area contributed by atoms with Gasteiger partial charge in [0, 0.05) is 39.4 Å². The summed E-state index contributed by atoms with van der Waals surface area (Å²) >= 11 is 0. The molecule has 0 spiro atoms. The zero-order valence-electron chi connectivity index (χ0n) is 10.7. The molecule has 4 nitrogen and oxygen atoms in total. The second-order valence-electron chi connectivity index (χ2n) is 4.61. The summed E-state index contributed by atoms with van der Waals surface area (Å²) in [5.41, 5.74) is 6.20. The molecule has 1 rings (SSSR count). The van der Waals surface area contributed by atoms with Crippen LogP contribution in [0.5, 0.6) is 0 Å². The molecule has 0 radical (unpaired) electrons. The minimum atomic E-state index is 0.205. The Hall–Kier alpha value is -0.160. The van der Waals surface area contributed by atoms with Crippen molar-refractivity contribution in [1.82, 2.24) is 4.90 Å². The number of nitrogens with two attached hydrogens (primary N) is 1. The monoisotopic (exact) mass is 230 g/mol. The van der Waals surface area contributed by atoms with Crippen molar-refractivity contribution >= 4 is 0 Å². The normalized spacial score (nSPS) is 19.5. The van der Waals surface area contributed by atoms with E-state index in [0.717, 1.165) is 32.8 Å². The van der Waals surface area contributed by atoms with Gasteiger partial charge in [-0.3, -0.25) is 4.90 Å². The summed E-state index contributed by atoms with van der Waals surface area (Å²) in [6.07, 6.45) is 5.04. The van der Waals surface area contributed by atoms with Crippen molar-refractivity contribution in [2.24, 2.45) is 5.73 Å². The molecule has 96 valence electrons. The number of rotatable bonds is 8. The van der Waals surface area contributed by atoms with Gasteiger partial charge < -0.3 is 15.2 Å². The first-order valence-electron chi connectivity index (χ1n) is 6.22. The van der Waals surface area contributed by atoms with E-state index in [1.165, 1.54) is 25.7 Å². The summed E-state index contributed by atoms with van der Waals surface area (Å²) in [7, 11) is 3.50. The van der Waals surface area contributed by atoms with Crippen LogP contribution in [0, 0.1) is 0 Å². The summed E-state index contributed by atoms with van der Waals surface area (Å²) in [6.45, 7) is 4.20. The average Bonchev–Trinajstić information content (AvgIpc) is 2.79. The third-order valence-electron chi connectivity index (χ3n) is 3.72. The predicted octanol–water partition coefficient (Wildman–Crippen LogP) is 0.853. The lowest BCUT2D eigenvalue weighted by atomic mass is 9.95. The summed E-state index contributed by atoms with van der Waals surface area (Å²) in [4.78, 5) is 2.47. The molecule has 16 heavy (non-hydrogen) atoms. The standard InChI is InChI=1S/C12H26N2O2/c1-15-9-7-14(8-10-16-2)12(11-13)5-3-4-6-12/h3-11,13H2,1-2H3. The fourth-order valence-corrected chi connectivity index (χ4v) is 2.67. The van der Waals surface area contributed by atoms with Gasteiger partial charge >= 0.3 is 0 Å². The van der Waals surface area contributed by atoms with Gasteiger partial charge in [0.1, 0.15) is 0 Å². The van der Waals surface area contributed by atoms with E-state index < -0.39 is 0 Å². The first-order valence-corrected chi connectivity index (χ1v) is 6.22. The van der Waals surface area contributed by atoms with Crippen molar-refractivity contribution in [3.05, 3.63) is 0 Å². The SMILES string of the molecule is COCCN(CCOC)C1(CN)CCCC1. The minimum absolute atomic E-state index is 0.205. The van der Waals surface area contributed by atoms with Crippen molar-refractivity contribution in [2.75, 3.05) is 47.1 Å². The molecule has 1 aliphatic rings. The van der Waals surface area contributed by atoms with Crippen molar-refractivity contribution in [2.45, 2.75) is 31.2 Å². The molecule has 2 N–H and O–H groups in total. The lowest BCUT2D eigenvalue weighted by molar-refractivity contribution is 0.0400. The Labute approximate surface area is 99.1 Å². The van der Waals surface area contributed by atoms with Gasteiger partial charge in [0.25, 0.3) is 0 Å². The molecule has 0 aliphatic heterocycles. The fourth-order valence-electron chi connectivity index (χ4n) is 2.67. The molecule has 4 heteroatoms. The van der Waals surface area contributed by atoms with Crippen LogP contribution >= 0.6 is 0 Å². The molecule has 0 saturated heterocycles. The van der Waals surface area contributed by atoms with Crippen LogP contribution in [-0.4, -0.2) is 57.5 Å². The highest BCUT2D eigenvalue weighted by molar-refractivity contribution is 4.95. The number of ether oxygens (including phenoxy) is 2. The van der Waals surface area contributed by atoms with Gasteiger partial charge in [0.15, 0.2) is 0 Å². The van der Waals surface area contributed by atoms with Crippen molar-refractivity contribution in [1.29, 1.82) is 0 Å². The van der Waals surface area contributed by atoms with Crippen LogP contribution in [0.15, 0.2) is 0 Å². The Morgan fingerprint density at radius 2 is 1.56 bits per heavy atom. The lowest BCUT2D eigenvalue weighted by Gasteiger charge is -2.40. The Bertz CT molecular complexity index is 174. The van der Waals surface area contributed by atoms with Gasteiger partial charge in [0.05, 0.1) is 13.2 Å². The third-order valence-corrected chi connectivity index (χ3v) is 3.72. The first-order chi connectivity index (χ1) is 7.79. The third kappa shape index (κ3) is 3.42. The number of methoxy groups -OCH3 is 2. The summed E-state index contributed by atoms with van der Waals surface area (Å²) in [5, 5.41) is 0. The molecular weight excluding hydrogens is 204 g/mol. The Balaban J connectivity index is 2.56. The smallest absolute Gasteiger partial charge is 0.0589 e. The summed E-state index contributed by atoms with van der Waals surface area (Å²) in [6, 6.07) is 0. The van der Waals surface area contributed by atoms with E-state index >= 15 is 0 Å². The van der Waals surface area contributed by atoms with E-state index in [9.17, 15) is 0 Å². The van der Waals surface area contributed by atoms with Crippen LogP contribution in [-0.2, 0) is 9.47 Å². The maximum Gasteiger partial charge on any atom is 0.0589 e. The largest absolute Gasteiger partial charge is 0.383 e. The zero-order valence-corrected chi connectivity index (χ0v) is 10.7. The second-order valence-corrected chi connectivity index (χ2v) is 4.61. The van der Waals surface area contributed by atoms with E-state index in [1.54, 1.807) is 14.2 Å². The maximum absolute atomic E-state index is 5.99. The zero-order chi connectivity index (χ0) is 11.9. The highest BCUT2D eigenvalue weighted by atomic mass is 16.5. The molecular formula is C12H26N2O2. The van der Waals surface area contributed by atoms with Crippen LogP contribution in [0.3, 0.4) is 0 Å². The van der Waals surface area contributed by atoms with Gasteiger partial charge in [-0.25, -0.2) is 0 Å². The highest BCUT2D eigenvalue weighted by Crippen LogP contribution is 2.34. The topological polar surface area (TPSA) is 47.7 Å². The van der Waals surface area contributed by atoms with E-state index in [1.807, 2.05) is 0 Å². The molecule has 1 aliphatic carbocycles. The van der Waals surface area contributed by atoms with Crippen LogP contribution in [0.4, 0.5) is 0 Å². The molecule has 0 aromatic heterocycles. The van der Waals surface area contributed by atoms with Crippen molar-refractivity contribution in [3.8, 4) is 0 Å². The maximum atomic E-state index is 5.99. The molecule has 0 atom stereocenters. The van der Waals surface area contributed by atoms with Crippen LogP contribution in [0.1, 0.15) is 25.7 Å². The number of hydrogen-bond donors (Lipinski definition) is 1. The Morgan fingerprint density at radius 3 is 1.94 bits per heavy atom. The average molecular weight is 230 g/mol. The van der Waals surface area contributed by atoms with Gasteiger partial charge in [-0.2, -0.15) is 0 Å². The molecule has 0 aromatic carbocycles. The Kier molecular flexibility index (Phi) is 6.28. The van der Waals surface area contributed by atoms with Gasteiger partial charge in [-0.15, -0.1) is 0 Å². The Morgan fingerprint density at radius 1 is 1.06 bits per heavy atom. The van der Waals surface area contributed by atoms with Gasteiger partial charge in [0.2, 0.25) is 0 Å². The van der Waals surface area contributed by atoms with Gasteiger partial charge in [-0.05, 0) is 12.8 Å². The summed E-state index contributed by atoms with van der Waals surface area (Å²) in [5.74, 6) is 0. The van der Waals surface area contributed by atoms with Crippen molar-refractivity contribution in [3.63, 3.8) is 0 Å². The summed E-state index contributed by atoms with van der Waals surface area (Å²) < 4.78 is 10.4. The van der Waals surface area contributed by atoms with E-state index in [0.29, 0.717) is 0 Å². The molecule has 0 amide bonds. The molecule has 0 unspecified atom stereocenters. The second kappa shape index (κ2) is 7.22. The van der Waals surface area contributed by atoms with Crippen molar-refractivity contribution < 1.29 is 9.47 Å². The lowest BCUT2D eigenvalue weighted by Crippen LogP contribution is -2.54. The number of hydrogen-bond acceptors (Lipinski definition) is 4.